The standard InChI is InChI=1S/C16H14FNO2/c17-14-5-2-1-4-13(14)15-8-6-12(20-15)7-9-16(19)18-10-3-11-18/h1-2,4-9H,3,10-11H2. The average molecular weight is 271 g/mol. The Balaban J connectivity index is 1.75. The smallest absolute Gasteiger partial charge is 0.246 e. The Kier molecular flexibility index (Phi) is 3.37. The third-order valence-corrected chi connectivity index (χ3v) is 3.32. The number of benzene rings is 1. The molecule has 0 unspecified atom stereocenters. The van der Waals surface area contributed by atoms with E-state index in [0.717, 1.165) is 19.5 Å². The number of furan rings is 1. The zero-order valence-corrected chi connectivity index (χ0v) is 10.9. The molecule has 1 aromatic heterocycles. The maximum Gasteiger partial charge on any atom is 0.246 e. The van der Waals surface area contributed by atoms with Gasteiger partial charge in [-0.1, -0.05) is 12.1 Å². The summed E-state index contributed by atoms with van der Waals surface area (Å²) in [6.45, 7) is 1.64. The number of amides is 1. The molecule has 0 aliphatic carbocycles. The fourth-order valence-corrected chi connectivity index (χ4v) is 2.04. The Morgan fingerprint density at radius 1 is 1.20 bits per heavy atom. The van der Waals surface area contributed by atoms with Gasteiger partial charge in [-0.25, -0.2) is 4.39 Å². The third-order valence-electron chi connectivity index (χ3n) is 3.32. The quantitative estimate of drug-likeness (QED) is 0.802. The number of carbonyl (C=O) groups excluding carboxylic acids is 1. The molecule has 3 rings (SSSR count). The Hall–Kier alpha value is -2.36. The first-order chi connectivity index (χ1) is 9.74. The summed E-state index contributed by atoms with van der Waals surface area (Å²) in [5.74, 6) is 0.658. The minimum atomic E-state index is -0.325. The summed E-state index contributed by atoms with van der Waals surface area (Å²) >= 11 is 0. The monoisotopic (exact) mass is 271 g/mol. The van der Waals surface area contributed by atoms with Crippen LogP contribution in [0.5, 0.6) is 0 Å². The number of hydrogen-bond acceptors (Lipinski definition) is 2. The molecule has 3 nitrogen and oxygen atoms in total. The Bertz CT molecular complexity index is 656. The highest BCUT2D eigenvalue weighted by Crippen LogP contribution is 2.25. The first-order valence-corrected chi connectivity index (χ1v) is 6.56. The van der Waals surface area contributed by atoms with Gasteiger partial charge in [0.2, 0.25) is 5.91 Å². The van der Waals surface area contributed by atoms with Gasteiger partial charge in [0, 0.05) is 19.2 Å². The van der Waals surface area contributed by atoms with Gasteiger partial charge in [0.15, 0.2) is 0 Å². The molecule has 0 spiro atoms. The van der Waals surface area contributed by atoms with E-state index in [1.54, 1.807) is 41.3 Å². The fourth-order valence-electron chi connectivity index (χ4n) is 2.04. The van der Waals surface area contributed by atoms with Crippen LogP contribution in [-0.2, 0) is 4.79 Å². The maximum atomic E-state index is 13.6. The van der Waals surface area contributed by atoms with Crippen molar-refractivity contribution in [3.8, 4) is 11.3 Å². The number of nitrogens with zero attached hydrogens (tertiary/aromatic N) is 1. The molecule has 20 heavy (non-hydrogen) atoms. The second-order valence-corrected chi connectivity index (χ2v) is 4.69. The number of carbonyl (C=O) groups is 1. The van der Waals surface area contributed by atoms with E-state index >= 15 is 0 Å². The van der Waals surface area contributed by atoms with Crippen LogP contribution in [0.2, 0.25) is 0 Å². The maximum absolute atomic E-state index is 13.6. The van der Waals surface area contributed by atoms with Gasteiger partial charge in [-0.2, -0.15) is 0 Å². The predicted molar refractivity (Wildman–Crippen MR) is 74.3 cm³/mol. The molecule has 1 fully saturated rings. The van der Waals surface area contributed by atoms with Crippen molar-refractivity contribution >= 4 is 12.0 Å². The molecule has 1 aliphatic rings. The molecule has 1 aliphatic heterocycles. The Morgan fingerprint density at radius 3 is 2.70 bits per heavy atom. The van der Waals surface area contributed by atoms with Crippen LogP contribution >= 0.6 is 0 Å². The van der Waals surface area contributed by atoms with Crippen molar-refractivity contribution in [2.24, 2.45) is 0 Å². The van der Waals surface area contributed by atoms with Crippen molar-refractivity contribution in [2.45, 2.75) is 6.42 Å². The summed E-state index contributed by atoms with van der Waals surface area (Å²) in [4.78, 5) is 13.4. The minimum absolute atomic E-state index is 0.0138. The topological polar surface area (TPSA) is 33.5 Å². The average Bonchev–Trinajstić information content (AvgIpc) is 2.83. The molecule has 1 aromatic carbocycles. The van der Waals surface area contributed by atoms with E-state index in [2.05, 4.69) is 0 Å². The molecule has 2 aromatic rings. The normalized spacial score (nSPS) is 14.6. The summed E-state index contributed by atoms with van der Waals surface area (Å²) in [7, 11) is 0. The van der Waals surface area contributed by atoms with Gasteiger partial charge in [-0.3, -0.25) is 4.79 Å². The van der Waals surface area contributed by atoms with Crippen molar-refractivity contribution in [1.82, 2.24) is 4.90 Å². The number of rotatable bonds is 3. The van der Waals surface area contributed by atoms with E-state index < -0.39 is 0 Å². The predicted octanol–water partition coefficient (Wildman–Crippen LogP) is 3.33. The van der Waals surface area contributed by atoms with Crippen molar-refractivity contribution in [3.05, 3.63) is 54.1 Å². The lowest BCUT2D eigenvalue weighted by atomic mass is 10.1. The van der Waals surface area contributed by atoms with Crippen LogP contribution in [0.25, 0.3) is 17.4 Å². The molecular formula is C16H14FNO2. The third kappa shape index (κ3) is 2.50. The van der Waals surface area contributed by atoms with Crippen molar-refractivity contribution in [1.29, 1.82) is 0 Å². The highest BCUT2D eigenvalue weighted by atomic mass is 19.1. The van der Waals surface area contributed by atoms with E-state index in [4.69, 9.17) is 4.42 Å². The molecule has 0 bridgehead atoms. The number of likely N-dealkylation sites (tertiary alicyclic amines) is 1. The van der Waals surface area contributed by atoms with E-state index in [1.807, 2.05) is 0 Å². The van der Waals surface area contributed by atoms with Gasteiger partial charge in [0.1, 0.15) is 17.3 Å². The molecule has 1 amide bonds. The highest BCUT2D eigenvalue weighted by molar-refractivity contribution is 5.91. The lowest BCUT2D eigenvalue weighted by Gasteiger charge is -2.29. The molecule has 0 N–H and O–H groups in total. The van der Waals surface area contributed by atoms with E-state index in [9.17, 15) is 9.18 Å². The minimum Gasteiger partial charge on any atom is -0.457 e. The van der Waals surface area contributed by atoms with Crippen LogP contribution in [0.4, 0.5) is 4.39 Å². The zero-order chi connectivity index (χ0) is 13.9. The van der Waals surface area contributed by atoms with Gasteiger partial charge in [0.25, 0.3) is 0 Å². The summed E-state index contributed by atoms with van der Waals surface area (Å²) < 4.78 is 19.2. The Labute approximate surface area is 116 Å². The summed E-state index contributed by atoms with van der Waals surface area (Å²) in [6, 6.07) is 9.86. The van der Waals surface area contributed by atoms with E-state index in [0.29, 0.717) is 17.1 Å². The molecule has 0 atom stereocenters. The van der Waals surface area contributed by atoms with Crippen LogP contribution in [0.3, 0.4) is 0 Å². The van der Waals surface area contributed by atoms with Crippen molar-refractivity contribution < 1.29 is 13.6 Å². The van der Waals surface area contributed by atoms with Gasteiger partial charge in [0.05, 0.1) is 5.56 Å². The summed E-state index contributed by atoms with van der Waals surface area (Å²) in [5.41, 5.74) is 0.418. The van der Waals surface area contributed by atoms with E-state index in [-0.39, 0.29) is 11.7 Å². The van der Waals surface area contributed by atoms with Crippen LogP contribution in [-0.4, -0.2) is 23.9 Å². The zero-order valence-electron chi connectivity index (χ0n) is 10.9. The number of halogens is 1. The van der Waals surface area contributed by atoms with E-state index in [1.165, 1.54) is 12.1 Å². The van der Waals surface area contributed by atoms with Crippen LogP contribution in [0, 0.1) is 5.82 Å². The van der Waals surface area contributed by atoms with Crippen LogP contribution in [0.15, 0.2) is 46.9 Å². The summed E-state index contributed by atoms with van der Waals surface area (Å²) in [6.07, 6.45) is 4.17. The molecule has 102 valence electrons. The molecular weight excluding hydrogens is 257 g/mol. The van der Waals surface area contributed by atoms with Crippen LogP contribution < -0.4 is 0 Å². The molecule has 0 saturated carbocycles. The molecule has 4 heteroatoms. The Morgan fingerprint density at radius 2 is 2.00 bits per heavy atom. The molecule has 1 saturated heterocycles. The van der Waals surface area contributed by atoms with Crippen LogP contribution in [0.1, 0.15) is 12.2 Å². The van der Waals surface area contributed by atoms with Gasteiger partial charge in [-0.05, 0) is 36.8 Å². The first-order valence-electron chi connectivity index (χ1n) is 6.56. The lowest BCUT2D eigenvalue weighted by molar-refractivity contribution is -0.129. The molecule has 2 heterocycles. The summed E-state index contributed by atoms with van der Waals surface area (Å²) in [5, 5.41) is 0. The second kappa shape index (κ2) is 5.33. The second-order valence-electron chi connectivity index (χ2n) is 4.69. The number of hydrogen-bond donors (Lipinski definition) is 0. The van der Waals surface area contributed by atoms with Crippen molar-refractivity contribution in [3.63, 3.8) is 0 Å². The molecule has 0 radical (unpaired) electrons. The largest absolute Gasteiger partial charge is 0.457 e. The first kappa shape index (κ1) is 12.7. The lowest BCUT2D eigenvalue weighted by Crippen LogP contribution is -2.40. The van der Waals surface area contributed by atoms with Crippen molar-refractivity contribution in [2.75, 3.05) is 13.1 Å². The van der Waals surface area contributed by atoms with Gasteiger partial charge in [-0.15, -0.1) is 0 Å². The fraction of sp³-hybridized carbons (Fsp3) is 0.188. The highest BCUT2D eigenvalue weighted by Gasteiger charge is 2.17. The van der Waals surface area contributed by atoms with Gasteiger partial charge < -0.3 is 9.32 Å². The SMILES string of the molecule is O=C(C=Cc1ccc(-c2ccccc2F)o1)N1CCC1. The van der Waals surface area contributed by atoms with Gasteiger partial charge >= 0.3 is 0 Å².